The molecule has 0 spiro atoms. The van der Waals surface area contributed by atoms with Gasteiger partial charge in [-0.2, -0.15) is 0 Å². The van der Waals surface area contributed by atoms with Crippen molar-refractivity contribution in [3.63, 3.8) is 0 Å². The van der Waals surface area contributed by atoms with Gasteiger partial charge >= 0.3 is 5.97 Å². The lowest BCUT2D eigenvalue weighted by Crippen LogP contribution is -1.99. The van der Waals surface area contributed by atoms with Crippen molar-refractivity contribution in [3.05, 3.63) is 35.4 Å². The number of aliphatic hydroxyl groups excluding tert-OH is 1. The van der Waals surface area contributed by atoms with Crippen molar-refractivity contribution in [3.8, 4) is 5.75 Å². The molecule has 1 aromatic rings. The van der Waals surface area contributed by atoms with Crippen molar-refractivity contribution in [1.29, 1.82) is 0 Å². The summed E-state index contributed by atoms with van der Waals surface area (Å²) < 4.78 is 0. The Morgan fingerprint density at radius 2 is 2.11 bits per heavy atom. The van der Waals surface area contributed by atoms with Gasteiger partial charge in [0.1, 0.15) is 5.75 Å². The molecule has 3 N–H and O–H groups in total. The summed E-state index contributed by atoms with van der Waals surface area (Å²) in [5, 5.41) is 27.6. The molecule has 0 radical (unpaired) electrons. The highest BCUT2D eigenvalue weighted by atomic mass is 16.4. The number of benzene rings is 1. The third kappa shape index (κ3) is 4.41. The Morgan fingerprint density at radius 3 is 2.63 bits per heavy atom. The minimum Gasteiger partial charge on any atom is -0.507 e. The molecule has 0 aliphatic heterocycles. The second kappa shape index (κ2) is 6.95. The Hall–Kier alpha value is -1.81. The van der Waals surface area contributed by atoms with E-state index in [1.165, 1.54) is 12.1 Å². The summed E-state index contributed by atoms with van der Waals surface area (Å²) in [7, 11) is 0. The maximum Gasteiger partial charge on any atom is 0.335 e. The SMILES string of the molecule is C/C(=C/CCC(C)CO)c1ccc(C(=O)O)cc1O. The van der Waals surface area contributed by atoms with Gasteiger partial charge < -0.3 is 15.3 Å². The molecule has 104 valence electrons. The Morgan fingerprint density at radius 1 is 1.42 bits per heavy atom. The number of rotatable bonds is 6. The lowest BCUT2D eigenvalue weighted by atomic mass is 10.0. The van der Waals surface area contributed by atoms with Crippen LogP contribution in [0.15, 0.2) is 24.3 Å². The van der Waals surface area contributed by atoms with Crippen LogP contribution in [0.5, 0.6) is 5.75 Å². The molecule has 1 unspecified atom stereocenters. The Labute approximate surface area is 113 Å². The van der Waals surface area contributed by atoms with E-state index in [0.29, 0.717) is 5.56 Å². The number of hydrogen-bond donors (Lipinski definition) is 3. The van der Waals surface area contributed by atoms with E-state index in [0.717, 1.165) is 18.4 Å². The average molecular weight is 264 g/mol. The number of aromatic carboxylic acids is 1. The van der Waals surface area contributed by atoms with Crippen LogP contribution in [0.1, 0.15) is 42.6 Å². The van der Waals surface area contributed by atoms with Crippen LogP contribution in [-0.4, -0.2) is 27.9 Å². The smallest absolute Gasteiger partial charge is 0.335 e. The van der Waals surface area contributed by atoms with Crippen LogP contribution in [0.25, 0.3) is 5.57 Å². The van der Waals surface area contributed by atoms with Gasteiger partial charge in [0.15, 0.2) is 0 Å². The molecule has 4 nitrogen and oxygen atoms in total. The van der Waals surface area contributed by atoms with Gasteiger partial charge in [0, 0.05) is 12.2 Å². The Kier molecular flexibility index (Phi) is 5.57. The normalized spacial score (nSPS) is 13.3. The number of phenolic OH excluding ortho intramolecular Hbond substituents is 1. The van der Waals surface area contributed by atoms with E-state index in [4.69, 9.17) is 10.2 Å². The van der Waals surface area contributed by atoms with Crippen LogP contribution in [0.4, 0.5) is 0 Å². The van der Waals surface area contributed by atoms with Gasteiger partial charge in [-0.3, -0.25) is 0 Å². The number of aliphatic hydroxyl groups is 1. The third-order valence-electron chi connectivity index (χ3n) is 3.09. The molecule has 0 aliphatic rings. The van der Waals surface area contributed by atoms with E-state index >= 15 is 0 Å². The number of carboxylic acids is 1. The molecule has 1 atom stereocenters. The van der Waals surface area contributed by atoms with Crippen molar-refractivity contribution in [1.82, 2.24) is 0 Å². The first-order valence-corrected chi connectivity index (χ1v) is 6.30. The topological polar surface area (TPSA) is 77.8 Å². The first-order valence-electron chi connectivity index (χ1n) is 6.30. The van der Waals surface area contributed by atoms with Gasteiger partial charge in [-0.25, -0.2) is 4.79 Å². The molecule has 0 saturated carbocycles. The van der Waals surface area contributed by atoms with Gasteiger partial charge in [-0.05, 0) is 43.4 Å². The van der Waals surface area contributed by atoms with E-state index in [1.807, 2.05) is 19.9 Å². The fourth-order valence-electron chi connectivity index (χ4n) is 1.78. The molecule has 19 heavy (non-hydrogen) atoms. The summed E-state index contributed by atoms with van der Waals surface area (Å²) in [6, 6.07) is 4.34. The molecule has 4 heteroatoms. The zero-order valence-electron chi connectivity index (χ0n) is 11.3. The van der Waals surface area contributed by atoms with Crippen molar-refractivity contribution >= 4 is 11.5 Å². The minimum atomic E-state index is -1.06. The third-order valence-corrected chi connectivity index (χ3v) is 3.09. The first kappa shape index (κ1) is 15.2. The van der Waals surface area contributed by atoms with E-state index in [2.05, 4.69) is 0 Å². The van der Waals surface area contributed by atoms with Crippen LogP contribution in [0.3, 0.4) is 0 Å². The van der Waals surface area contributed by atoms with Crippen molar-refractivity contribution in [2.75, 3.05) is 6.61 Å². The largest absolute Gasteiger partial charge is 0.507 e. The quantitative estimate of drug-likeness (QED) is 0.738. The van der Waals surface area contributed by atoms with E-state index in [1.54, 1.807) is 6.07 Å². The van der Waals surface area contributed by atoms with E-state index in [-0.39, 0.29) is 23.8 Å². The molecule has 0 aromatic heterocycles. The van der Waals surface area contributed by atoms with Crippen molar-refractivity contribution in [2.45, 2.75) is 26.7 Å². The molecule has 0 amide bonds. The summed E-state index contributed by atoms with van der Waals surface area (Å²) in [6.45, 7) is 4.02. The summed E-state index contributed by atoms with van der Waals surface area (Å²) in [5.41, 5.74) is 1.61. The van der Waals surface area contributed by atoms with Gasteiger partial charge in [0.2, 0.25) is 0 Å². The van der Waals surface area contributed by atoms with Crippen LogP contribution in [0.2, 0.25) is 0 Å². The van der Waals surface area contributed by atoms with Gasteiger partial charge in [0.05, 0.1) is 5.56 Å². The fraction of sp³-hybridized carbons (Fsp3) is 0.400. The number of phenols is 1. The maximum absolute atomic E-state index is 10.8. The summed E-state index contributed by atoms with van der Waals surface area (Å²) in [5.74, 6) is -0.823. The molecule has 1 aromatic carbocycles. The predicted molar refractivity (Wildman–Crippen MR) is 74.2 cm³/mol. The molecule has 0 heterocycles. The second-order valence-electron chi connectivity index (χ2n) is 4.79. The number of carbonyl (C=O) groups is 1. The number of hydrogen-bond acceptors (Lipinski definition) is 3. The van der Waals surface area contributed by atoms with E-state index < -0.39 is 5.97 Å². The molecule has 1 rings (SSSR count). The molecular weight excluding hydrogens is 244 g/mol. The lowest BCUT2D eigenvalue weighted by Gasteiger charge is -2.08. The van der Waals surface area contributed by atoms with Crippen LogP contribution < -0.4 is 0 Å². The lowest BCUT2D eigenvalue weighted by molar-refractivity contribution is 0.0696. The highest BCUT2D eigenvalue weighted by molar-refractivity contribution is 5.89. The Bertz CT molecular complexity index is 477. The molecule has 0 bridgehead atoms. The second-order valence-corrected chi connectivity index (χ2v) is 4.79. The molecule has 0 aliphatic carbocycles. The van der Waals surface area contributed by atoms with Crippen LogP contribution in [0, 0.1) is 5.92 Å². The maximum atomic E-state index is 10.8. The number of carboxylic acid groups (broad SMARTS) is 1. The summed E-state index contributed by atoms with van der Waals surface area (Å²) in [4.78, 5) is 10.8. The highest BCUT2D eigenvalue weighted by Gasteiger charge is 2.08. The van der Waals surface area contributed by atoms with E-state index in [9.17, 15) is 9.90 Å². The molecular formula is C15H20O4. The monoisotopic (exact) mass is 264 g/mol. The van der Waals surface area contributed by atoms with Gasteiger partial charge in [-0.15, -0.1) is 0 Å². The zero-order chi connectivity index (χ0) is 14.4. The fourth-order valence-corrected chi connectivity index (χ4v) is 1.78. The number of allylic oxidation sites excluding steroid dienone is 2. The van der Waals surface area contributed by atoms with Gasteiger partial charge in [-0.1, -0.05) is 19.1 Å². The van der Waals surface area contributed by atoms with Crippen molar-refractivity contribution in [2.24, 2.45) is 5.92 Å². The standard InChI is InChI=1S/C15H20O4/c1-10(9-16)4-3-5-11(2)13-7-6-12(15(18)19)8-14(13)17/h5-8,10,16-17H,3-4,9H2,1-2H3,(H,18,19)/b11-5-. The predicted octanol–water partition coefficient (Wildman–Crippen LogP) is 2.90. The van der Waals surface area contributed by atoms with Crippen LogP contribution in [-0.2, 0) is 0 Å². The first-order chi connectivity index (χ1) is 8.95. The van der Waals surface area contributed by atoms with Crippen molar-refractivity contribution < 1.29 is 20.1 Å². The number of aromatic hydroxyl groups is 1. The van der Waals surface area contributed by atoms with Crippen LogP contribution >= 0.6 is 0 Å². The molecule has 0 fully saturated rings. The average Bonchev–Trinajstić information content (AvgIpc) is 2.37. The Balaban J connectivity index is 2.79. The van der Waals surface area contributed by atoms with Gasteiger partial charge in [0.25, 0.3) is 0 Å². The minimum absolute atomic E-state index is 0.0242. The highest BCUT2D eigenvalue weighted by Crippen LogP contribution is 2.26. The zero-order valence-corrected chi connectivity index (χ0v) is 11.3. The molecule has 0 saturated heterocycles. The summed E-state index contributed by atoms with van der Waals surface area (Å²) >= 11 is 0. The summed E-state index contributed by atoms with van der Waals surface area (Å²) in [6.07, 6.45) is 3.68.